The number of hydrogen-bond donors (Lipinski definition) is 0. The molecule has 0 aromatic heterocycles. The SMILES string of the molecule is Cc1ccc(CC(=O)C2(N(C)C)CCCCCC2)cc1C. The second kappa shape index (κ2) is 6.74. The lowest BCUT2D eigenvalue weighted by molar-refractivity contribution is -0.130. The van der Waals surface area contributed by atoms with Crippen molar-refractivity contribution in [1.82, 2.24) is 4.90 Å². The standard InChI is InChI=1S/C19H29NO/c1-15-9-10-17(13-16(15)2)14-18(21)19(20(3)4)11-7-5-6-8-12-19/h9-10,13H,5-8,11-12,14H2,1-4H3. The van der Waals surface area contributed by atoms with E-state index in [2.05, 4.69) is 51.0 Å². The van der Waals surface area contributed by atoms with Gasteiger partial charge in [-0.1, -0.05) is 43.9 Å². The molecule has 1 aromatic rings. The van der Waals surface area contributed by atoms with Gasteiger partial charge in [-0.25, -0.2) is 0 Å². The smallest absolute Gasteiger partial charge is 0.157 e. The fourth-order valence-corrected chi connectivity index (χ4v) is 3.55. The molecular weight excluding hydrogens is 258 g/mol. The minimum atomic E-state index is -0.241. The van der Waals surface area contributed by atoms with E-state index in [0.29, 0.717) is 12.2 Å². The Bertz CT molecular complexity index is 496. The molecular formula is C19H29NO. The molecule has 1 saturated carbocycles. The maximum Gasteiger partial charge on any atom is 0.157 e. The molecule has 1 aliphatic rings. The number of aryl methyl sites for hydroxylation is 2. The van der Waals surface area contributed by atoms with Crippen LogP contribution in [-0.2, 0) is 11.2 Å². The lowest BCUT2D eigenvalue weighted by atomic mass is 9.81. The third kappa shape index (κ3) is 3.55. The maximum absolute atomic E-state index is 13.0. The minimum Gasteiger partial charge on any atom is -0.297 e. The first-order valence-corrected chi connectivity index (χ1v) is 8.22. The van der Waals surface area contributed by atoms with Crippen molar-refractivity contribution in [3.05, 3.63) is 34.9 Å². The molecule has 0 radical (unpaired) electrons. The Labute approximate surface area is 129 Å². The molecule has 0 atom stereocenters. The average Bonchev–Trinajstić information content (AvgIpc) is 2.69. The summed E-state index contributed by atoms with van der Waals surface area (Å²) in [7, 11) is 4.15. The second-order valence-electron chi connectivity index (χ2n) is 6.86. The van der Waals surface area contributed by atoms with Gasteiger partial charge in [-0.2, -0.15) is 0 Å². The van der Waals surface area contributed by atoms with Gasteiger partial charge in [-0.3, -0.25) is 9.69 Å². The number of rotatable bonds is 4. The Morgan fingerprint density at radius 2 is 1.67 bits per heavy atom. The summed E-state index contributed by atoms with van der Waals surface area (Å²) in [6.45, 7) is 4.24. The summed E-state index contributed by atoms with van der Waals surface area (Å²) in [6, 6.07) is 6.42. The number of likely N-dealkylation sites (N-methyl/N-ethyl adjacent to an activating group) is 1. The highest BCUT2D eigenvalue weighted by atomic mass is 16.1. The zero-order valence-electron chi connectivity index (χ0n) is 14.0. The van der Waals surface area contributed by atoms with Crippen LogP contribution in [0.3, 0.4) is 0 Å². The molecule has 0 bridgehead atoms. The van der Waals surface area contributed by atoms with Crippen molar-refractivity contribution in [2.45, 2.75) is 64.3 Å². The highest BCUT2D eigenvalue weighted by Crippen LogP contribution is 2.33. The van der Waals surface area contributed by atoms with Gasteiger partial charge in [0, 0.05) is 6.42 Å². The summed E-state index contributed by atoms with van der Waals surface area (Å²) in [5, 5.41) is 0. The van der Waals surface area contributed by atoms with Crippen LogP contribution in [0.25, 0.3) is 0 Å². The van der Waals surface area contributed by atoms with Gasteiger partial charge >= 0.3 is 0 Å². The third-order valence-corrected chi connectivity index (χ3v) is 5.24. The molecule has 0 amide bonds. The molecule has 1 fully saturated rings. The fraction of sp³-hybridized carbons (Fsp3) is 0.632. The van der Waals surface area contributed by atoms with Gasteiger partial charge in [0.1, 0.15) is 0 Å². The maximum atomic E-state index is 13.0. The Balaban J connectivity index is 2.20. The van der Waals surface area contributed by atoms with Gasteiger partial charge < -0.3 is 0 Å². The Morgan fingerprint density at radius 3 is 2.19 bits per heavy atom. The largest absolute Gasteiger partial charge is 0.297 e. The predicted octanol–water partition coefficient (Wildman–Crippen LogP) is 4.07. The van der Waals surface area contributed by atoms with Crippen molar-refractivity contribution in [3.63, 3.8) is 0 Å². The fourth-order valence-electron chi connectivity index (χ4n) is 3.55. The molecule has 0 saturated heterocycles. The third-order valence-electron chi connectivity index (χ3n) is 5.24. The topological polar surface area (TPSA) is 20.3 Å². The van der Waals surface area contributed by atoms with Crippen LogP contribution >= 0.6 is 0 Å². The summed E-state index contributed by atoms with van der Waals surface area (Å²) < 4.78 is 0. The molecule has 21 heavy (non-hydrogen) atoms. The summed E-state index contributed by atoms with van der Waals surface area (Å²) in [5.74, 6) is 0.401. The van der Waals surface area contributed by atoms with E-state index >= 15 is 0 Å². The molecule has 0 heterocycles. The van der Waals surface area contributed by atoms with Crippen LogP contribution in [0.5, 0.6) is 0 Å². The number of carbonyl (C=O) groups excluding carboxylic acids is 1. The summed E-state index contributed by atoms with van der Waals surface area (Å²) >= 11 is 0. The molecule has 116 valence electrons. The highest BCUT2D eigenvalue weighted by Gasteiger charge is 2.39. The number of carbonyl (C=O) groups is 1. The molecule has 0 aliphatic heterocycles. The van der Waals surface area contributed by atoms with E-state index in [1.807, 2.05) is 0 Å². The van der Waals surface area contributed by atoms with Crippen molar-refractivity contribution in [2.24, 2.45) is 0 Å². The number of Topliss-reactive ketones (excluding diaryl/α,β-unsaturated/α-hetero) is 1. The van der Waals surface area contributed by atoms with Gasteiger partial charge in [0.2, 0.25) is 0 Å². The van der Waals surface area contributed by atoms with Crippen LogP contribution in [0.1, 0.15) is 55.2 Å². The van der Waals surface area contributed by atoms with Crippen molar-refractivity contribution in [3.8, 4) is 0 Å². The number of ketones is 1. The van der Waals surface area contributed by atoms with Gasteiger partial charge in [-0.05, 0) is 57.5 Å². The Kier molecular flexibility index (Phi) is 5.21. The van der Waals surface area contributed by atoms with E-state index < -0.39 is 0 Å². The lowest BCUT2D eigenvalue weighted by Gasteiger charge is -2.38. The normalized spacial score (nSPS) is 18.5. The highest BCUT2D eigenvalue weighted by molar-refractivity contribution is 5.90. The van der Waals surface area contributed by atoms with Crippen LogP contribution in [0.15, 0.2) is 18.2 Å². The van der Waals surface area contributed by atoms with Crippen molar-refractivity contribution >= 4 is 5.78 Å². The van der Waals surface area contributed by atoms with Crippen LogP contribution in [-0.4, -0.2) is 30.3 Å². The Morgan fingerprint density at radius 1 is 1.05 bits per heavy atom. The summed E-state index contributed by atoms with van der Waals surface area (Å²) in [6.07, 6.45) is 7.50. The van der Waals surface area contributed by atoms with E-state index in [1.54, 1.807) is 0 Å². The van der Waals surface area contributed by atoms with Crippen LogP contribution in [0.4, 0.5) is 0 Å². The Hall–Kier alpha value is -1.15. The summed E-state index contributed by atoms with van der Waals surface area (Å²) in [4.78, 5) is 15.2. The zero-order chi connectivity index (χ0) is 15.5. The average molecular weight is 287 g/mol. The van der Waals surface area contributed by atoms with E-state index in [-0.39, 0.29) is 5.54 Å². The monoisotopic (exact) mass is 287 g/mol. The molecule has 0 spiro atoms. The number of nitrogens with zero attached hydrogens (tertiary/aromatic N) is 1. The molecule has 0 N–H and O–H groups in total. The first-order chi connectivity index (χ1) is 9.95. The first-order valence-electron chi connectivity index (χ1n) is 8.22. The van der Waals surface area contributed by atoms with Crippen LogP contribution in [0, 0.1) is 13.8 Å². The van der Waals surface area contributed by atoms with Crippen LogP contribution in [0.2, 0.25) is 0 Å². The lowest BCUT2D eigenvalue weighted by Crippen LogP contribution is -2.51. The van der Waals surface area contributed by atoms with Crippen LogP contribution < -0.4 is 0 Å². The van der Waals surface area contributed by atoms with Gasteiger partial charge in [-0.15, -0.1) is 0 Å². The molecule has 2 nitrogen and oxygen atoms in total. The van der Waals surface area contributed by atoms with Crippen molar-refractivity contribution in [1.29, 1.82) is 0 Å². The molecule has 1 aromatic carbocycles. The summed E-state index contributed by atoms with van der Waals surface area (Å²) in [5.41, 5.74) is 3.49. The molecule has 1 aliphatic carbocycles. The van der Waals surface area contributed by atoms with E-state index in [0.717, 1.165) is 18.4 Å². The first kappa shape index (κ1) is 16.2. The molecule has 2 heteroatoms. The van der Waals surface area contributed by atoms with E-state index in [9.17, 15) is 4.79 Å². The van der Waals surface area contributed by atoms with Crippen molar-refractivity contribution < 1.29 is 4.79 Å². The second-order valence-corrected chi connectivity index (χ2v) is 6.86. The number of benzene rings is 1. The van der Waals surface area contributed by atoms with E-state index in [1.165, 1.54) is 36.8 Å². The molecule has 0 unspecified atom stereocenters. The molecule has 2 rings (SSSR count). The number of hydrogen-bond acceptors (Lipinski definition) is 2. The minimum absolute atomic E-state index is 0.241. The van der Waals surface area contributed by atoms with Gasteiger partial charge in [0.05, 0.1) is 5.54 Å². The zero-order valence-corrected chi connectivity index (χ0v) is 14.0. The predicted molar refractivity (Wildman–Crippen MR) is 88.7 cm³/mol. The van der Waals surface area contributed by atoms with Crippen molar-refractivity contribution in [2.75, 3.05) is 14.1 Å². The van der Waals surface area contributed by atoms with E-state index in [4.69, 9.17) is 0 Å². The van der Waals surface area contributed by atoms with Gasteiger partial charge in [0.15, 0.2) is 5.78 Å². The van der Waals surface area contributed by atoms with Gasteiger partial charge in [0.25, 0.3) is 0 Å². The quantitative estimate of drug-likeness (QED) is 0.778.